The van der Waals surface area contributed by atoms with E-state index in [1.54, 1.807) is 4.68 Å². The van der Waals surface area contributed by atoms with Crippen LogP contribution in [0.5, 0.6) is 0 Å². The molecule has 138 valence electrons. The predicted octanol–water partition coefficient (Wildman–Crippen LogP) is 4.39. The molecule has 0 saturated heterocycles. The van der Waals surface area contributed by atoms with Crippen LogP contribution >= 0.6 is 0 Å². The van der Waals surface area contributed by atoms with Crippen molar-refractivity contribution in [1.82, 2.24) is 14.8 Å². The maximum absolute atomic E-state index is 13.0. The summed E-state index contributed by atoms with van der Waals surface area (Å²) in [5.41, 5.74) is 2.26. The second-order valence-electron chi connectivity index (χ2n) is 6.20. The molecule has 0 atom stereocenters. The van der Waals surface area contributed by atoms with Crippen LogP contribution in [0.4, 0.5) is 10.1 Å². The molecule has 5 nitrogen and oxygen atoms in total. The van der Waals surface area contributed by atoms with Gasteiger partial charge in [-0.2, -0.15) is 0 Å². The van der Waals surface area contributed by atoms with Crippen LogP contribution in [0.3, 0.4) is 0 Å². The average molecular weight is 372 g/mol. The van der Waals surface area contributed by atoms with E-state index >= 15 is 0 Å². The minimum atomic E-state index is -0.354. The van der Waals surface area contributed by atoms with Crippen molar-refractivity contribution in [2.24, 2.45) is 0 Å². The summed E-state index contributed by atoms with van der Waals surface area (Å²) in [4.78, 5) is 17.1. The summed E-state index contributed by atoms with van der Waals surface area (Å²) in [5, 5.41) is 7.29. The van der Waals surface area contributed by atoms with Gasteiger partial charge in [-0.3, -0.25) is 4.79 Å². The molecule has 0 spiro atoms. The highest BCUT2D eigenvalue weighted by atomic mass is 19.1. The second kappa shape index (κ2) is 7.84. The maximum atomic E-state index is 13.0. The minimum absolute atomic E-state index is 0.0125. The van der Waals surface area contributed by atoms with Crippen LogP contribution in [0, 0.1) is 5.82 Å². The summed E-state index contributed by atoms with van der Waals surface area (Å²) in [6.45, 7) is -0.0125. The Morgan fingerprint density at radius 2 is 1.46 bits per heavy atom. The first-order chi connectivity index (χ1) is 13.7. The molecule has 0 radical (unpaired) electrons. The fourth-order valence-corrected chi connectivity index (χ4v) is 2.83. The number of nitrogens with one attached hydrogen (secondary N) is 1. The fourth-order valence-electron chi connectivity index (χ4n) is 2.83. The first-order valence-electron chi connectivity index (χ1n) is 8.80. The van der Waals surface area contributed by atoms with Crippen LogP contribution < -0.4 is 5.32 Å². The van der Waals surface area contributed by atoms with Gasteiger partial charge in [0.25, 0.3) is 0 Å². The Bertz CT molecular complexity index is 1080. The Balaban J connectivity index is 1.64. The molecule has 3 aromatic carbocycles. The molecular formula is C22H17FN4O. The standard InChI is InChI=1S/C22H17FN4O/c23-18-11-13-19(14-12-18)24-20(28)15-27-22(17-9-5-2-6-10-17)25-21(26-27)16-7-3-1-4-8-16/h1-14H,15H2,(H,24,28). The van der Waals surface area contributed by atoms with Crippen molar-refractivity contribution in [2.75, 3.05) is 5.32 Å². The van der Waals surface area contributed by atoms with Gasteiger partial charge in [0.05, 0.1) is 0 Å². The molecule has 0 saturated carbocycles. The van der Waals surface area contributed by atoms with Crippen molar-refractivity contribution >= 4 is 11.6 Å². The van der Waals surface area contributed by atoms with Crippen molar-refractivity contribution in [2.45, 2.75) is 6.54 Å². The molecule has 0 fully saturated rings. The van der Waals surface area contributed by atoms with Gasteiger partial charge >= 0.3 is 0 Å². The number of benzene rings is 3. The van der Waals surface area contributed by atoms with Gasteiger partial charge in [0.2, 0.25) is 5.91 Å². The maximum Gasteiger partial charge on any atom is 0.246 e. The van der Waals surface area contributed by atoms with E-state index in [1.807, 2.05) is 60.7 Å². The Morgan fingerprint density at radius 1 is 0.857 bits per heavy atom. The lowest BCUT2D eigenvalue weighted by atomic mass is 10.2. The SMILES string of the molecule is O=C(Cn1nc(-c2ccccc2)nc1-c1ccccc1)Nc1ccc(F)cc1. The van der Waals surface area contributed by atoms with Crippen molar-refractivity contribution in [1.29, 1.82) is 0 Å². The van der Waals surface area contributed by atoms with Crippen LogP contribution in [-0.2, 0) is 11.3 Å². The number of carbonyl (C=O) groups is 1. The van der Waals surface area contributed by atoms with Crippen LogP contribution in [0.1, 0.15) is 0 Å². The monoisotopic (exact) mass is 372 g/mol. The van der Waals surface area contributed by atoms with Crippen LogP contribution in [0.15, 0.2) is 84.9 Å². The van der Waals surface area contributed by atoms with E-state index in [9.17, 15) is 9.18 Å². The molecule has 1 heterocycles. The van der Waals surface area contributed by atoms with Gasteiger partial charge in [-0.15, -0.1) is 5.10 Å². The molecule has 0 aliphatic carbocycles. The highest BCUT2D eigenvalue weighted by Gasteiger charge is 2.16. The third kappa shape index (κ3) is 3.96. The largest absolute Gasteiger partial charge is 0.324 e. The number of hydrogen-bond donors (Lipinski definition) is 1. The molecule has 1 aromatic heterocycles. The molecule has 1 N–H and O–H groups in total. The number of hydrogen-bond acceptors (Lipinski definition) is 3. The van der Waals surface area contributed by atoms with Crippen LogP contribution in [0.2, 0.25) is 0 Å². The number of anilines is 1. The summed E-state index contributed by atoms with van der Waals surface area (Å²) >= 11 is 0. The topological polar surface area (TPSA) is 59.8 Å². The zero-order chi connectivity index (χ0) is 19.3. The Hall–Kier alpha value is -3.80. The summed E-state index contributed by atoms with van der Waals surface area (Å²) < 4.78 is 14.6. The van der Waals surface area contributed by atoms with E-state index in [1.165, 1.54) is 24.3 Å². The zero-order valence-electron chi connectivity index (χ0n) is 14.9. The fraction of sp³-hybridized carbons (Fsp3) is 0.0455. The van der Waals surface area contributed by atoms with Gasteiger partial charge in [-0.25, -0.2) is 14.1 Å². The summed E-state index contributed by atoms with van der Waals surface area (Å²) in [5.74, 6) is 0.532. The lowest BCUT2D eigenvalue weighted by Crippen LogP contribution is -2.20. The lowest BCUT2D eigenvalue weighted by Gasteiger charge is -2.07. The van der Waals surface area contributed by atoms with Gasteiger partial charge in [0.1, 0.15) is 12.4 Å². The van der Waals surface area contributed by atoms with E-state index in [4.69, 9.17) is 0 Å². The first kappa shape index (κ1) is 17.6. The molecule has 0 bridgehead atoms. The molecule has 4 rings (SSSR count). The number of aromatic nitrogens is 3. The number of rotatable bonds is 5. The van der Waals surface area contributed by atoms with Gasteiger partial charge in [0.15, 0.2) is 11.6 Å². The van der Waals surface area contributed by atoms with Gasteiger partial charge < -0.3 is 5.32 Å². The van der Waals surface area contributed by atoms with Crippen molar-refractivity contribution in [3.05, 3.63) is 90.7 Å². The highest BCUT2D eigenvalue weighted by Crippen LogP contribution is 2.22. The Morgan fingerprint density at radius 3 is 2.11 bits per heavy atom. The van der Waals surface area contributed by atoms with Crippen molar-refractivity contribution in [3.8, 4) is 22.8 Å². The number of nitrogens with zero attached hydrogens (tertiary/aromatic N) is 3. The Kier molecular flexibility index (Phi) is 4.93. The first-order valence-corrected chi connectivity index (χ1v) is 8.80. The third-order valence-electron chi connectivity index (χ3n) is 4.16. The number of carbonyl (C=O) groups excluding carboxylic acids is 1. The molecule has 0 aliphatic rings. The van der Waals surface area contributed by atoms with Gasteiger partial charge in [0, 0.05) is 16.8 Å². The number of amides is 1. The molecule has 1 amide bonds. The number of halogens is 1. The van der Waals surface area contributed by atoms with Crippen molar-refractivity contribution in [3.63, 3.8) is 0 Å². The van der Waals surface area contributed by atoms with E-state index in [0.29, 0.717) is 17.3 Å². The third-order valence-corrected chi connectivity index (χ3v) is 4.16. The summed E-state index contributed by atoms with van der Waals surface area (Å²) in [7, 11) is 0. The molecular weight excluding hydrogens is 355 g/mol. The predicted molar refractivity (Wildman–Crippen MR) is 106 cm³/mol. The van der Waals surface area contributed by atoms with Crippen LogP contribution in [0.25, 0.3) is 22.8 Å². The second-order valence-corrected chi connectivity index (χ2v) is 6.20. The smallest absolute Gasteiger partial charge is 0.246 e. The minimum Gasteiger partial charge on any atom is -0.324 e. The van der Waals surface area contributed by atoms with E-state index in [2.05, 4.69) is 15.4 Å². The molecule has 0 aliphatic heterocycles. The normalized spacial score (nSPS) is 10.6. The molecule has 6 heteroatoms. The summed E-state index contributed by atoms with van der Waals surface area (Å²) in [6, 6.07) is 24.8. The van der Waals surface area contributed by atoms with E-state index in [-0.39, 0.29) is 18.3 Å². The average Bonchev–Trinajstić information content (AvgIpc) is 3.15. The van der Waals surface area contributed by atoms with E-state index in [0.717, 1.165) is 11.1 Å². The molecule has 28 heavy (non-hydrogen) atoms. The zero-order valence-corrected chi connectivity index (χ0v) is 14.9. The van der Waals surface area contributed by atoms with E-state index < -0.39 is 0 Å². The molecule has 0 unspecified atom stereocenters. The summed E-state index contributed by atoms with van der Waals surface area (Å²) in [6.07, 6.45) is 0. The quantitative estimate of drug-likeness (QED) is 0.565. The lowest BCUT2D eigenvalue weighted by molar-refractivity contribution is -0.116. The van der Waals surface area contributed by atoms with Gasteiger partial charge in [-0.05, 0) is 24.3 Å². The molecule has 4 aromatic rings. The van der Waals surface area contributed by atoms with Gasteiger partial charge in [-0.1, -0.05) is 60.7 Å². The van der Waals surface area contributed by atoms with Crippen molar-refractivity contribution < 1.29 is 9.18 Å². The highest BCUT2D eigenvalue weighted by molar-refractivity contribution is 5.90. The Labute approximate surface area is 161 Å². The van der Waals surface area contributed by atoms with Crippen LogP contribution in [-0.4, -0.2) is 20.7 Å².